The van der Waals surface area contributed by atoms with Gasteiger partial charge in [-0.1, -0.05) is 5.16 Å². The first kappa shape index (κ1) is 21.4. The molecule has 0 radical (unpaired) electrons. The minimum atomic E-state index is -4.95. The number of benzene rings is 1. The first-order valence-corrected chi connectivity index (χ1v) is 8.67. The van der Waals surface area contributed by atoms with Gasteiger partial charge in [-0.15, -0.1) is 0 Å². The van der Waals surface area contributed by atoms with E-state index in [4.69, 9.17) is 4.52 Å². The zero-order valence-electron chi connectivity index (χ0n) is 15.7. The van der Waals surface area contributed by atoms with E-state index in [1.165, 1.54) is 12.1 Å². The predicted octanol–water partition coefficient (Wildman–Crippen LogP) is 3.67. The number of hydrogen-bond acceptors (Lipinski definition) is 6. The Bertz CT molecular complexity index is 1050. The molecule has 11 heteroatoms. The number of halogens is 4. The van der Waals surface area contributed by atoms with Crippen LogP contribution < -0.4 is 5.32 Å². The summed E-state index contributed by atoms with van der Waals surface area (Å²) in [5, 5.41) is 15.8. The molecule has 0 bridgehead atoms. The molecule has 2 atom stereocenters. The lowest BCUT2D eigenvalue weighted by atomic mass is 9.99. The summed E-state index contributed by atoms with van der Waals surface area (Å²) in [7, 11) is 0. The number of aryl methyl sites for hydroxylation is 1. The Morgan fingerprint density at radius 3 is 2.53 bits per heavy atom. The minimum Gasteiger partial charge on any atom is -0.379 e. The number of amides is 1. The van der Waals surface area contributed by atoms with Gasteiger partial charge in [-0.05, 0) is 49.7 Å². The Morgan fingerprint density at radius 2 is 1.97 bits per heavy atom. The molecule has 30 heavy (non-hydrogen) atoms. The summed E-state index contributed by atoms with van der Waals surface area (Å²) in [6.07, 6.45) is -6.88. The average Bonchev–Trinajstić information content (AvgIpc) is 3.13. The molecule has 0 aliphatic carbocycles. The highest BCUT2D eigenvalue weighted by Crippen LogP contribution is 2.35. The highest BCUT2D eigenvalue weighted by atomic mass is 19.4. The van der Waals surface area contributed by atoms with Crippen LogP contribution in [0.25, 0.3) is 11.3 Å². The number of nitrogens with zero attached hydrogens (tertiary/aromatic N) is 3. The average molecular weight is 424 g/mol. The summed E-state index contributed by atoms with van der Waals surface area (Å²) in [5.41, 5.74) is -0.498. The Morgan fingerprint density at radius 1 is 1.23 bits per heavy atom. The van der Waals surface area contributed by atoms with Gasteiger partial charge in [-0.3, -0.25) is 9.78 Å². The molecule has 2 aromatic heterocycles. The second-order valence-electron chi connectivity index (χ2n) is 6.52. The number of alkyl halides is 3. The van der Waals surface area contributed by atoms with Gasteiger partial charge < -0.3 is 14.9 Å². The molecule has 2 heterocycles. The fourth-order valence-electron chi connectivity index (χ4n) is 2.65. The number of aliphatic hydroxyl groups excluding tert-OH is 1. The van der Waals surface area contributed by atoms with Gasteiger partial charge in [0.15, 0.2) is 11.9 Å². The molecule has 0 aliphatic heterocycles. The van der Waals surface area contributed by atoms with Gasteiger partial charge in [-0.2, -0.15) is 18.2 Å². The quantitative estimate of drug-likeness (QED) is 0.606. The Labute approximate surface area is 167 Å². The number of rotatable bonds is 5. The first-order valence-electron chi connectivity index (χ1n) is 8.67. The third-order valence-electron chi connectivity index (χ3n) is 4.13. The molecule has 0 saturated carbocycles. The SMILES string of the molecule is Cc1noc([C@@H](C)NC(=O)c2cc(-c3ccc(F)cn3)cc(C(O)C(F)(F)F)c2)n1. The molecule has 3 aromatic rings. The summed E-state index contributed by atoms with van der Waals surface area (Å²) >= 11 is 0. The van der Waals surface area contributed by atoms with E-state index < -0.39 is 35.6 Å². The monoisotopic (exact) mass is 424 g/mol. The van der Waals surface area contributed by atoms with Crippen LogP contribution in [0.2, 0.25) is 0 Å². The van der Waals surface area contributed by atoms with Crippen LogP contribution in [0.5, 0.6) is 0 Å². The van der Waals surface area contributed by atoms with Crippen LogP contribution in [0, 0.1) is 12.7 Å². The number of aromatic nitrogens is 3. The van der Waals surface area contributed by atoms with E-state index in [1.54, 1.807) is 13.8 Å². The van der Waals surface area contributed by atoms with Crippen molar-refractivity contribution < 1.29 is 32.0 Å². The van der Waals surface area contributed by atoms with Crippen molar-refractivity contribution in [3.8, 4) is 11.3 Å². The minimum absolute atomic E-state index is 0.0993. The van der Waals surface area contributed by atoms with Crippen LogP contribution in [0.3, 0.4) is 0 Å². The fourth-order valence-corrected chi connectivity index (χ4v) is 2.65. The summed E-state index contributed by atoms with van der Waals surface area (Å²) < 4.78 is 57.2. The molecule has 7 nitrogen and oxygen atoms in total. The standard InChI is InChI=1S/C19H16F4N4O3/c1-9(18-26-10(2)27-30-18)25-17(29)13-6-11(15-4-3-14(20)8-24-15)5-12(7-13)16(28)19(21,22)23/h3-9,16,28H,1-2H3,(H,25,29)/t9-,16?/m1/s1. The van der Waals surface area contributed by atoms with E-state index in [2.05, 4.69) is 20.4 Å². The lowest BCUT2D eigenvalue weighted by molar-refractivity contribution is -0.206. The molecule has 158 valence electrons. The van der Waals surface area contributed by atoms with Gasteiger partial charge in [0.25, 0.3) is 5.91 Å². The molecular weight excluding hydrogens is 408 g/mol. The van der Waals surface area contributed by atoms with Crippen molar-refractivity contribution in [1.29, 1.82) is 0 Å². The summed E-state index contributed by atoms with van der Waals surface area (Å²) in [4.78, 5) is 20.5. The van der Waals surface area contributed by atoms with Crippen LogP contribution in [0.15, 0.2) is 41.1 Å². The van der Waals surface area contributed by atoms with Gasteiger partial charge in [0.2, 0.25) is 5.89 Å². The number of carbonyl (C=O) groups excluding carboxylic acids is 1. The maximum Gasteiger partial charge on any atom is 0.418 e. The predicted molar refractivity (Wildman–Crippen MR) is 95.6 cm³/mol. The molecule has 0 fully saturated rings. The number of nitrogens with one attached hydrogen (secondary N) is 1. The largest absolute Gasteiger partial charge is 0.418 e. The number of carbonyl (C=O) groups is 1. The van der Waals surface area contributed by atoms with E-state index in [0.29, 0.717) is 5.82 Å². The smallest absolute Gasteiger partial charge is 0.379 e. The number of pyridine rings is 1. The molecule has 1 aromatic carbocycles. The van der Waals surface area contributed by atoms with Crippen molar-refractivity contribution in [2.24, 2.45) is 0 Å². The Kier molecular flexibility index (Phi) is 5.83. The molecule has 3 rings (SSSR count). The number of aliphatic hydroxyl groups is 1. The third-order valence-corrected chi connectivity index (χ3v) is 4.13. The maximum absolute atomic E-state index is 13.1. The van der Waals surface area contributed by atoms with E-state index in [-0.39, 0.29) is 22.7 Å². The first-order chi connectivity index (χ1) is 14.0. The molecule has 0 aliphatic rings. The van der Waals surface area contributed by atoms with Crippen molar-refractivity contribution in [2.45, 2.75) is 32.2 Å². The van der Waals surface area contributed by atoms with E-state index in [1.807, 2.05) is 0 Å². The summed E-state index contributed by atoms with van der Waals surface area (Å²) in [5.74, 6) is -0.899. The summed E-state index contributed by atoms with van der Waals surface area (Å²) in [6.45, 7) is 3.15. The van der Waals surface area contributed by atoms with Crippen LogP contribution in [0.1, 0.15) is 46.7 Å². The van der Waals surface area contributed by atoms with Crippen LogP contribution in [-0.2, 0) is 0 Å². The van der Waals surface area contributed by atoms with Crippen molar-refractivity contribution >= 4 is 5.91 Å². The zero-order valence-corrected chi connectivity index (χ0v) is 15.7. The number of hydrogen-bond donors (Lipinski definition) is 2. The third kappa shape index (κ3) is 4.79. The van der Waals surface area contributed by atoms with Crippen LogP contribution in [-0.4, -0.2) is 32.3 Å². The van der Waals surface area contributed by atoms with Crippen LogP contribution in [0.4, 0.5) is 17.6 Å². The van der Waals surface area contributed by atoms with Crippen molar-refractivity contribution in [3.63, 3.8) is 0 Å². The van der Waals surface area contributed by atoms with Crippen molar-refractivity contribution in [3.05, 3.63) is 65.2 Å². The molecule has 2 N–H and O–H groups in total. The van der Waals surface area contributed by atoms with Crippen LogP contribution >= 0.6 is 0 Å². The highest BCUT2D eigenvalue weighted by Gasteiger charge is 2.40. The second-order valence-corrected chi connectivity index (χ2v) is 6.52. The molecule has 0 saturated heterocycles. The second kappa shape index (κ2) is 8.19. The zero-order chi connectivity index (χ0) is 22.1. The topological polar surface area (TPSA) is 101 Å². The molecular formula is C19H16F4N4O3. The van der Waals surface area contributed by atoms with Gasteiger partial charge in [0.05, 0.1) is 11.9 Å². The Balaban J connectivity index is 1.98. The van der Waals surface area contributed by atoms with E-state index in [9.17, 15) is 27.5 Å². The van der Waals surface area contributed by atoms with Gasteiger partial charge in [-0.25, -0.2) is 4.39 Å². The van der Waals surface area contributed by atoms with Gasteiger partial charge >= 0.3 is 6.18 Å². The lowest BCUT2D eigenvalue weighted by Gasteiger charge is -2.18. The van der Waals surface area contributed by atoms with Crippen molar-refractivity contribution in [2.75, 3.05) is 0 Å². The van der Waals surface area contributed by atoms with Crippen molar-refractivity contribution in [1.82, 2.24) is 20.4 Å². The maximum atomic E-state index is 13.1. The lowest BCUT2D eigenvalue weighted by Crippen LogP contribution is -2.27. The highest BCUT2D eigenvalue weighted by molar-refractivity contribution is 5.95. The van der Waals surface area contributed by atoms with E-state index in [0.717, 1.165) is 24.4 Å². The molecule has 1 unspecified atom stereocenters. The normalized spacial score (nSPS) is 13.7. The fraction of sp³-hybridized carbons (Fsp3) is 0.263. The molecule has 0 spiro atoms. The molecule has 1 amide bonds. The van der Waals surface area contributed by atoms with E-state index >= 15 is 0 Å². The Hall–Kier alpha value is -3.34. The van der Waals surface area contributed by atoms with Gasteiger partial charge in [0, 0.05) is 11.1 Å². The van der Waals surface area contributed by atoms with Gasteiger partial charge in [0.1, 0.15) is 11.9 Å². The summed E-state index contributed by atoms with van der Waals surface area (Å²) in [6, 6.07) is 4.86.